The lowest BCUT2D eigenvalue weighted by molar-refractivity contribution is 0.177. The third kappa shape index (κ3) is 4.03. The second kappa shape index (κ2) is 7.85. The van der Waals surface area contributed by atoms with Crippen molar-refractivity contribution >= 4 is 6.03 Å². The van der Waals surface area contributed by atoms with E-state index in [0.717, 1.165) is 37.2 Å². The van der Waals surface area contributed by atoms with Crippen LogP contribution in [0.15, 0.2) is 24.4 Å². The van der Waals surface area contributed by atoms with Gasteiger partial charge in [-0.25, -0.2) is 18.6 Å². The quantitative estimate of drug-likeness (QED) is 0.862. The van der Waals surface area contributed by atoms with Gasteiger partial charge in [0.15, 0.2) is 11.6 Å². The number of carbonyl (C=O) groups excluding carboxylic acids is 1. The van der Waals surface area contributed by atoms with Crippen LogP contribution in [0.5, 0.6) is 0 Å². The Kier molecular flexibility index (Phi) is 5.54. The molecule has 2 heterocycles. The molecular weight excluding hydrogens is 338 g/mol. The molecule has 0 saturated carbocycles. The molecule has 0 radical (unpaired) electrons. The van der Waals surface area contributed by atoms with Crippen LogP contribution in [-0.4, -0.2) is 40.0 Å². The number of likely N-dealkylation sites (tertiary alicyclic amines) is 1. The Hall–Kier alpha value is -2.44. The van der Waals surface area contributed by atoms with Crippen LogP contribution in [0.2, 0.25) is 0 Å². The molecule has 0 spiro atoms. The molecule has 1 aromatic heterocycles. The Morgan fingerprint density at radius 3 is 2.73 bits per heavy atom. The Balaban J connectivity index is 1.61. The molecule has 1 saturated heterocycles. The normalized spacial score (nSPS) is 16.5. The molecule has 1 aromatic carbocycles. The Morgan fingerprint density at radius 1 is 1.35 bits per heavy atom. The minimum absolute atomic E-state index is 0.0141. The van der Waals surface area contributed by atoms with Gasteiger partial charge in [0.1, 0.15) is 5.82 Å². The molecule has 140 valence electrons. The van der Waals surface area contributed by atoms with Crippen molar-refractivity contribution in [3.8, 4) is 11.3 Å². The van der Waals surface area contributed by atoms with Crippen molar-refractivity contribution in [2.45, 2.75) is 45.1 Å². The van der Waals surface area contributed by atoms with Crippen LogP contribution >= 0.6 is 0 Å². The lowest BCUT2D eigenvalue weighted by Gasteiger charge is -2.32. The topological polar surface area (TPSA) is 61.0 Å². The predicted molar refractivity (Wildman–Crippen MR) is 95.8 cm³/mol. The van der Waals surface area contributed by atoms with E-state index in [1.165, 1.54) is 6.07 Å². The predicted octanol–water partition coefficient (Wildman–Crippen LogP) is 4.04. The van der Waals surface area contributed by atoms with Gasteiger partial charge in [0.2, 0.25) is 0 Å². The van der Waals surface area contributed by atoms with Crippen molar-refractivity contribution in [1.29, 1.82) is 0 Å². The lowest BCUT2D eigenvalue weighted by Crippen LogP contribution is -2.46. The second-order valence-electron chi connectivity index (χ2n) is 6.83. The molecule has 7 heteroatoms. The molecule has 1 aliphatic rings. The van der Waals surface area contributed by atoms with Crippen LogP contribution in [0.25, 0.3) is 11.3 Å². The van der Waals surface area contributed by atoms with E-state index in [1.54, 1.807) is 6.20 Å². The maximum absolute atomic E-state index is 13.4. The number of rotatable bonds is 4. The zero-order valence-corrected chi connectivity index (χ0v) is 15.1. The smallest absolute Gasteiger partial charge is 0.317 e. The van der Waals surface area contributed by atoms with Gasteiger partial charge >= 0.3 is 6.03 Å². The molecule has 5 nitrogen and oxygen atoms in total. The van der Waals surface area contributed by atoms with Gasteiger partial charge in [-0.1, -0.05) is 6.92 Å². The molecule has 1 aliphatic heterocycles. The lowest BCUT2D eigenvalue weighted by atomic mass is 9.96. The SMILES string of the molecule is CC[C@@H](C)NC(=O)N1CCC(c2ncc(-c3ccc(F)c(F)c3)[nH]2)CC1. The largest absolute Gasteiger partial charge is 0.342 e. The number of aromatic nitrogens is 2. The second-order valence-corrected chi connectivity index (χ2v) is 6.83. The van der Waals surface area contributed by atoms with Gasteiger partial charge in [0, 0.05) is 30.6 Å². The van der Waals surface area contributed by atoms with Gasteiger partial charge in [0.25, 0.3) is 0 Å². The third-order valence-electron chi connectivity index (χ3n) is 4.98. The number of halogens is 2. The van der Waals surface area contributed by atoms with E-state index < -0.39 is 11.6 Å². The van der Waals surface area contributed by atoms with Gasteiger partial charge < -0.3 is 15.2 Å². The summed E-state index contributed by atoms with van der Waals surface area (Å²) in [6.45, 7) is 5.38. The number of hydrogen-bond donors (Lipinski definition) is 2. The average Bonchev–Trinajstić information content (AvgIpc) is 3.14. The number of amides is 2. The van der Waals surface area contributed by atoms with Crippen LogP contribution in [0.1, 0.15) is 44.9 Å². The first kappa shape index (κ1) is 18.4. The highest BCUT2D eigenvalue weighted by Gasteiger charge is 2.26. The number of H-pyrrole nitrogens is 1. The number of aromatic amines is 1. The highest BCUT2D eigenvalue weighted by Crippen LogP contribution is 2.28. The molecule has 1 fully saturated rings. The summed E-state index contributed by atoms with van der Waals surface area (Å²) < 4.78 is 26.5. The Bertz CT molecular complexity index is 769. The monoisotopic (exact) mass is 362 g/mol. The summed E-state index contributed by atoms with van der Waals surface area (Å²) in [5.41, 5.74) is 1.23. The third-order valence-corrected chi connectivity index (χ3v) is 4.98. The average molecular weight is 362 g/mol. The van der Waals surface area contributed by atoms with E-state index in [9.17, 15) is 13.6 Å². The zero-order chi connectivity index (χ0) is 18.7. The fourth-order valence-corrected chi connectivity index (χ4v) is 3.11. The van der Waals surface area contributed by atoms with Crippen molar-refractivity contribution in [3.63, 3.8) is 0 Å². The number of hydrogen-bond acceptors (Lipinski definition) is 2. The maximum atomic E-state index is 13.4. The molecule has 2 aromatic rings. The molecule has 2 amide bonds. The van der Waals surface area contributed by atoms with Gasteiger partial charge in [-0.05, 0) is 44.4 Å². The van der Waals surface area contributed by atoms with Crippen molar-refractivity contribution in [2.24, 2.45) is 0 Å². The van der Waals surface area contributed by atoms with Gasteiger partial charge in [-0.3, -0.25) is 0 Å². The van der Waals surface area contributed by atoms with Crippen LogP contribution in [0.3, 0.4) is 0 Å². The number of benzene rings is 1. The van der Waals surface area contributed by atoms with Crippen molar-refractivity contribution < 1.29 is 13.6 Å². The molecule has 0 bridgehead atoms. The summed E-state index contributed by atoms with van der Waals surface area (Å²) in [6, 6.07) is 3.95. The van der Waals surface area contributed by atoms with Gasteiger partial charge in [-0.15, -0.1) is 0 Å². The first-order valence-electron chi connectivity index (χ1n) is 9.03. The van der Waals surface area contributed by atoms with E-state index in [4.69, 9.17) is 0 Å². The van der Waals surface area contributed by atoms with Gasteiger partial charge in [-0.2, -0.15) is 0 Å². The van der Waals surface area contributed by atoms with Crippen molar-refractivity contribution in [3.05, 3.63) is 41.9 Å². The Labute approximate surface area is 151 Å². The number of carbonyl (C=O) groups is 1. The molecule has 2 N–H and O–H groups in total. The number of urea groups is 1. The molecule has 3 rings (SSSR count). The molecule has 0 aliphatic carbocycles. The number of imidazole rings is 1. The molecular formula is C19H24F2N4O. The summed E-state index contributed by atoms with van der Waals surface area (Å²) in [5, 5.41) is 2.99. The standard InChI is InChI=1S/C19H24F2N4O/c1-3-12(2)23-19(26)25-8-6-13(7-9-25)18-22-11-17(24-18)14-4-5-15(20)16(21)10-14/h4-5,10-13H,3,6-9H2,1-2H3,(H,22,24)(H,23,26)/t12-/m1/s1. The van der Waals surface area contributed by atoms with Gasteiger partial charge in [0.05, 0.1) is 11.9 Å². The summed E-state index contributed by atoms with van der Waals surface area (Å²) in [4.78, 5) is 21.6. The molecule has 0 unspecified atom stereocenters. The van der Waals surface area contributed by atoms with Crippen LogP contribution in [0.4, 0.5) is 13.6 Å². The Morgan fingerprint density at radius 2 is 2.08 bits per heavy atom. The van der Waals surface area contributed by atoms with Crippen LogP contribution in [0, 0.1) is 11.6 Å². The van der Waals surface area contributed by atoms with Crippen molar-refractivity contribution in [1.82, 2.24) is 20.2 Å². The summed E-state index contributed by atoms with van der Waals surface area (Å²) in [6.07, 6.45) is 4.18. The van der Waals surface area contributed by atoms with E-state index >= 15 is 0 Å². The zero-order valence-electron chi connectivity index (χ0n) is 15.1. The van der Waals surface area contributed by atoms with E-state index in [2.05, 4.69) is 15.3 Å². The fourth-order valence-electron chi connectivity index (χ4n) is 3.11. The van der Waals surface area contributed by atoms with E-state index in [1.807, 2.05) is 18.7 Å². The number of nitrogens with one attached hydrogen (secondary N) is 2. The summed E-state index contributed by atoms with van der Waals surface area (Å²) in [5.74, 6) is -0.691. The minimum atomic E-state index is -0.876. The fraction of sp³-hybridized carbons (Fsp3) is 0.474. The number of nitrogens with zero attached hydrogens (tertiary/aromatic N) is 2. The minimum Gasteiger partial charge on any atom is -0.342 e. The highest BCUT2D eigenvalue weighted by atomic mass is 19.2. The first-order valence-corrected chi connectivity index (χ1v) is 9.03. The first-order chi connectivity index (χ1) is 12.5. The highest BCUT2D eigenvalue weighted by molar-refractivity contribution is 5.74. The van der Waals surface area contributed by atoms with Crippen LogP contribution < -0.4 is 5.32 Å². The number of piperidine rings is 1. The maximum Gasteiger partial charge on any atom is 0.317 e. The molecule has 1 atom stereocenters. The summed E-state index contributed by atoms with van der Waals surface area (Å²) in [7, 11) is 0. The molecule has 26 heavy (non-hydrogen) atoms. The van der Waals surface area contributed by atoms with E-state index in [-0.39, 0.29) is 18.0 Å². The van der Waals surface area contributed by atoms with Crippen LogP contribution in [-0.2, 0) is 0 Å². The van der Waals surface area contributed by atoms with E-state index in [0.29, 0.717) is 24.3 Å². The summed E-state index contributed by atoms with van der Waals surface area (Å²) >= 11 is 0. The van der Waals surface area contributed by atoms with Crippen molar-refractivity contribution in [2.75, 3.05) is 13.1 Å².